The molecule has 1 aromatic carbocycles. The maximum atomic E-state index is 11.9. The van der Waals surface area contributed by atoms with Crippen molar-refractivity contribution in [1.82, 2.24) is 14.5 Å². The number of carbonyl (C=O) groups excluding carboxylic acids is 1. The summed E-state index contributed by atoms with van der Waals surface area (Å²) in [5.74, 6) is 0.187. The van der Waals surface area contributed by atoms with Gasteiger partial charge in [-0.05, 0) is 18.9 Å². The Hall–Kier alpha value is -3.22. The Morgan fingerprint density at radius 2 is 2.07 bits per heavy atom. The van der Waals surface area contributed by atoms with Crippen LogP contribution in [-0.2, 0) is 11.3 Å². The predicted octanol–water partition coefficient (Wildman–Crippen LogP) is 2.80. The average Bonchev–Trinajstić information content (AvgIpc) is 3.01. The number of anilines is 1. The molecule has 0 spiro atoms. The molecule has 1 aliphatic rings. The molecule has 0 bridgehead atoms. The van der Waals surface area contributed by atoms with Crippen molar-refractivity contribution in [2.75, 3.05) is 5.73 Å². The highest BCUT2D eigenvalue weighted by atomic mass is 16.1. The van der Waals surface area contributed by atoms with E-state index in [-0.39, 0.29) is 5.91 Å². The van der Waals surface area contributed by atoms with Gasteiger partial charge >= 0.3 is 0 Å². The Morgan fingerprint density at radius 1 is 1.22 bits per heavy atom. The van der Waals surface area contributed by atoms with Crippen LogP contribution in [0.1, 0.15) is 25.7 Å². The number of hydrogen-bond acceptors (Lipinski definition) is 5. The van der Waals surface area contributed by atoms with Gasteiger partial charge in [0.05, 0.1) is 22.6 Å². The number of primary amides is 1. The number of unbranched alkanes of at least 4 members (excludes halogenated alkanes) is 1. The van der Waals surface area contributed by atoms with Gasteiger partial charge in [-0.1, -0.05) is 30.7 Å². The summed E-state index contributed by atoms with van der Waals surface area (Å²) in [7, 11) is 0. The lowest BCUT2D eigenvalue weighted by Crippen LogP contribution is -2.36. The Morgan fingerprint density at radius 3 is 2.85 bits per heavy atom. The Balaban J connectivity index is 1.53. The van der Waals surface area contributed by atoms with Gasteiger partial charge in [0.2, 0.25) is 11.9 Å². The van der Waals surface area contributed by atoms with E-state index in [1.807, 2.05) is 34.9 Å². The van der Waals surface area contributed by atoms with Gasteiger partial charge in [-0.2, -0.15) is 0 Å². The lowest BCUT2D eigenvalue weighted by atomic mass is 9.78. The van der Waals surface area contributed by atoms with E-state index in [1.54, 1.807) is 18.6 Å². The summed E-state index contributed by atoms with van der Waals surface area (Å²) in [6.07, 6.45) is 9.98. The second-order valence-corrected chi connectivity index (χ2v) is 6.96. The number of aromatic nitrogens is 3. The van der Waals surface area contributed by atoms with Gasteiger partial charge < -0.3 is 16.0 Å². The minimum Gasteiger partial charge on any atom is -0.369 e. The number of amides is 1. The largest absolute Gasteiger partial charge is 0.369 e. The monoisotopic (exact) mass is 362 g/mol. The normalized spacial score (nSPS) is 19.1. The van der Waals surface area contributed by atoms with Gasteiger partial charge in [0.15, 0.2) is 0 Å². The summed E-state index contributed by atoms with van der Waals surface area (Å²) in [6, 6.07) is 7.98. The molecule has 7 nitrogen and oxygen atoms in total. The van der Waals surface area contributed by atoms with Crippen LogP contribution >= 0.6 is 0 Å². The van der Waals surface area contributed by atoms with E-state index in [9.17, 15) is 4.79 Å². The van der Waals surface area contributed by atoms with Crippen LogP contribution in [0.5, 0.6) is 0 Å². The van der Waals surface area contributed by atoms with Crippen LogP contribution in [0.25, 0.3) is 21.9 Å². The number of aryl methyl sites for hydroxylation is 1. The maximum absolute atomic E-state index is 11.9. The molecule has 2 aromatic heterocycles. The summed E-state index contributed by atoms with van der Waals surface area (Å²) in [5.41, 5.74) is 13.9. The third-order valence-corrected chi connectivity index (χ3v) is 5.30. The van der Waals surface area contributed by atoms with E-state index < -0.39 is 5.41 Å². The topological polar surface area (TPSA) is 112 Å². The zero-order valence-electron chi connectivity index (χ0n) is 15.0. The zero-order valence-corrected chi connectivity index (χ0v) is 15.0. The van der Waals surface area contributed by atoms with Crippen LogP contribution in [0.3, 0.4) is 0 Å². The Bertz CT molecular complexity index is 1070. The fraction of sp³-hybridized carbons (Fsp3) is 0.300. The van der Waals surface area contributed by atoms with E-state index >= 15 is 0 Å². The van der Waals surface area contributed by atoms with Crippen LogP contribution in [-0.4, -0.2) is 26.7 Å². The molecular weight excluding hydrogens is 340 g/mol. The summed E-state index contributed by atoms with van der Waals surface area (Å²) in [6.45, 7) is 0.725. The van der Waals surface area contributed by atoms with Crippen molar-refractivity contribution in [2.45, 2.75) is 32.2 Å². The number of fused-ring (bicyclic) bond motifs is 3. The summed E-state index contributed by atoms with van der Waals surface area (Å²) < 4.78 is 2.04. The fourth-order valence-corrected chi connectivity index (χ4v) is 3.74. The SMILES string of the molecule is NC(=O)C1(CCCCn2c(N)nc3cnc4ccccc4c32)C=CN=CC1. The third kappa shape index (κ3) is 3.05. The molecule has 1 aliphatic heterocycles. The Labute approximate surface area is 156 Å². The van der Waals surface area contributed by atoms with E-state index in [4.69, 9.17) is 11.5 Å². The lowest BCUT2D eigenvalue weighted by Gasteiger charge is -2.27. The van der Waals surface area contributed by atoms with Crippen LogP contribution in [0.15, 0.2) is 47.7 Å². The van der Waals surface area contributed by atoms with E-state index in [0.717, 1.165) is 41.3 Å². The number of benzene rings is 1. The van der Waals surface area contributed by atoms with Gasteiger partial charge in [-0.15, -0.1) is 0 Å². The van der Waals surface area contributed by atoms with Crippen molar-refractivity contribution < 1.29 is 4.79 Å². The molecular formula is C20H22N6O. The number of nitrogens with two attached hydrogens (primary N) is 2. The van der Waals surface area contributed by atoms with Crippen molar-refractivity contribution in [3.8, 4) is 0 Å². The van der Waals surface area contributed by atoms with Crippen molar-refractivity contribution in [2.24, 2.45) is 16.1 Å². The smallest absolute Gasteiger partial charge is 0.227 e. The highest BCUT2D eigenvalue weighted by Gasteiger charge is 2.33. The Kier molecular flexibility index (Phi) is 4.35. The van der Waals surface area contributed by atoms with Gasteiger partial charge in [0, 0.05) is 30.8 Å². The summed E-state index contributed by atoms with van der Waals surface area (Å²) in [4.78, 5) is 24.9. The molecule has 4 N–H and O–H groups in total. The van der Waals surface area contributed by atoms with Gasteiger partial charge in [-0.25, -0.2) is 4.98 Å². The first-order valence-electron chi connectivity index (χ1n) is 9.09. The number of para-hydroxylation sites is 1. The lowest BCUT2D eigenvalue weighted by molar-refractivity contribution is -0.125. The molecule has 0 fully saturated rings. The highest BCUT2D eigenvalue weighted by Crippen LogP contribution is 2.32. The summed E-state index contributed by atoms with van der Waals surface area (Å²) in [5, 5.41) is 1.04. The predicted molar refractivity (Wildman–Crippen MR) is 107 cm³/mol. The van der Waals surface area contributed by atoms with E-state index in [2.05, 4.69) is 15.0 Å². The molecule has 0 aliphatic carbocycles. The number of carbonyl (C=O) groups is 1. The third-order valence-electron chi connectivity index (χ3n) is 5.30. The van der Waals surface area contributed by atoms with Gasteiger partial charge in [0.25, 0.3) is 0 Å². The average molecular weight is 362 g/mol. The second kappa shape index (κ2) is 6.83. The van der Waals surface area contributed by atoms with E-state index in [1.165, 1.54) is 0 Å². The fourth-order valence-electron chi connectivity index (χ4n) is 3.74. The van der Waals surface area contributed by atoms with Gasteiger partial charge in [0.1, 0.15) is 5.52 Å². The molecule has 3 aromatic rings. The van der Waals surface area contributed by atoms with Crippen molar-refractivity contribution in [1.29, 1.82) is 0 Å². The molecule has 138 valence electrons. The zero-order chi connectivity index (χ0) is 18.9. The quantitative estimate of drug-likeness (QED) is 0.657. The molecule has 1 amide bonds. The first-order valence-corrected chi connectivity index (χ1v) is 9.09. The number of imidazole rings is 1. The first kappa shape index (κ1) is 17.2. The maximum Gasteiger partial charge on any atom is 0.227 e. The minimum absolute atomic E-state index is 0.297. The molecule has 1 atom stereocenters. The molecule has 1 unspecified atom stereocenters. The van der Waals surface area contributed by atoms with Crippen molar-refractivity contribution in [3.05, 3.63) is 42.7 Å². The number of nitrogen functional groups attached to an aromatic ring is 1. The highest BCUT2D eigenvalue weighted by molar-refractivity contribution is 6.02. The standard InChI is InChI=1S/C20H22N6O/c21-18(27)20(8-10-23-11-9-20)7-3-4-12-26-17-14-5-1-2-6-15(14)24-13-16(17)25-19(26)22/h1-2,5-6,8,10-11,13H,3-4,7,9,12H2,(H2,21,27)(H2,22,25). The second-order valence-electron chi connectivity index (χ2n) is 6.96. The number of pyridine rings is 1. The van der Waals surface area contributed by atoms with Crippen molar-refractivity contribution >= 4 is 40.0 Å². The van der Waals surface area contributed by atoms with Crippen LogP contribution < -0.4 is 11.5 Å². The molecule has 27 heavy (non-hydrogen) atoms. The van der Waals surface area contributed by atoms with Crippen LogP contribution in [0.4, 0.5) is 5.95 Å². The molecule has 0 saturated carbocycles. The molecule has 4 rings (SSSR count). The number of nitrogens with zero attached hydrogens (tertiary/aromatic N) is 4. The molecule has 0 radical (unpaired) electrons. The number of rotatable bonds is 6. The van der Waals surface area contributed by atoms with Crippen LogP contribution in [0, 0.1) is 5.41 Å². The summed E-state index contributed by atoms with van der Waals surface area (Å²) >= 11 is 0. The first-order chi connectivity index (χ1) is 13.1. The molecule has 7 heteroatoms. The van der Waals surface area contributed by atoms with Crippen molar-refractivity contribution in [3.63, 3.8) is 0 Å². The number of hydrogen-bond donors (Lipinski definition) is 2. The van der Waals surface area contributed by atoms with Gasteiger partial charge in [-0.3, -0.25) is 14.8 Å². The minimum atomic E-state index is -0.624. The molecule has 0 saturated heterocycles. The van der Waals surface area contributed by atoms with E-state index in [0.29, 0.717) is 18.8 Å². The number of aliphatic imine (C=N–C) groups is 1. The molecule has 3 heterocycles. The van der Waals surface area contributed by atoms with Crippen LogP contribution in [0.2, 0.25) is 0 Å².